The minimum Gasteiger partial charge on any atom is -0.320 e. The summed E-state index contributed by atoms with van der Waals surface area (Å²) in [5, 5.41) is 10.1. The van der Waals surface area contributed by atoms with E-state index < -0.39 is 0 Å². The SMILES string of the molecule is NNc1ccc(C(=O)Nc2ccncc2)nn1. The van der Waals surface area contributed by atoms with E-state index in [-0.39, 0.29) is 11.6 Å². The minimum absolute atomic E-state index is 0.209. The van der Waals surface area contributed by atoms with Crippen LogP contribution in [0.2, 0.25) is 0 Å². The third kappa shape index (κ3) is 2.73. The Morgan fingerprint density at radius 3 is 2.47 bits per heavy atom. The van der Waals surface area contributed by atoms with Gasteiger partial charge in [0, 0.05) is 18.1 Å². The molecule has 0 aliphatic heterocycles. The van der Waals surface area contributed by atoms with Crippen molar-refractivity contribution >= 4 is 17.4 Å². The molecule has 0 spiro atoms. The predicted octanol–water partition coefficient (Wildman–Crippen LogP) is 0.409. The molecule has 86 valence electrons. The van der Waals surface area contributed by atoms with Gasteiger partial charge in [-0.25, -0.2) is 5.84 Å². The Hall–Kier alpha value is -2.54. The topological polar surface area (TPSA) is 106 Å². The number of nitrogen functional groups attached to an aromatic ring is 1. The lowest BCUT2D eigenvalue weighted by Gasteiger charge is -2.03. The molecule has 0 radical (unpaired) electrons. The highest BCUT2D eigenvalue weighted by Crippen LogP contribution is 2.06. The van der Waals surface area contributed by atoms with Crippen LogP contribution in [0.25, 0.3) is 0 Å². The maximum Gasteiger partial charge on any atom is 0.276 e. The van der Waals surface area contributed by atoms with Crippen LogP contribution in [-0.2, 0) is 0 Å². The number of carbonyl (C=O) groups excluding carboxylic acids is 1. The fraction of sp³-hybridized carbons (Fsp3) is 0. The van der Waals surface area contributed by atoms with E-state index >= 15 is 0 Å². The minimum atomic E-state index is -0.340. The third-order valence-corrected chi connectivity index (χ3v) is 1.98. The van der Waals surface area contributed by atoms with E-state index in [1.807, 2.05) is 0 Å². The van der Waals surface area contributed by atoms with E-state index in [9.17, 15) is 4.79 Å². The molecule has 7 nitrogen and oxygen atoms in total. The maximum absolute atomic E-state index is 11.7. The molecule has 0 saturated carbocycles. The summed E-state index contributed by atoms with van der Waals surface area (Å²) in [7, 11) is 0. The van der Waals surface area contributed by atoms with Gasteiger partial charge in [0.15, 0.2) is 11.5 Å². The van der Waals surface area contributed by atoms with Gasteiger partial charge in [-0.1, -0.05) is 0 Å². The molecular formula is C10H10N6O. The van der Waals surface area contributed by atoms with E-state index in [1.54, 1.807) is 30.6 Å². The summed E-state index contributed by atoms with van der Waals surface area (Å²) in [6, 6.07) is 6.45. The second-order valence-corrected chi connectivity index (χ2v) is 3.14. The van der Waals surface area contributed by atoms with E-state index in [0.717, 1.165) is 0 Å². The number of hydrogen-bond acceptors (Lipinski definition) is 6. The number of hydrogen-bond donors (Lipinski definition) is 3. The number of hydrazine groups is 1. The van der Waals surface area contributed by atoms with Crippen molar-refractivity contribution in [1.82, 2.24) is 15.2 Å². The molecule has 0 aliphatic carbocycles. The molecule has 2 aromatic heterocycles. The highest BCUT2D eigenvalue weighted by Gasteiger charge is 2.07. The first-order chi connectivity index (χ1) is 8.29. The highest BCUT2D eigenvalue weighted by atomic mass is 16.1. The molecular weight excluding hydrogens is 220 g/mol. The fourth-order valence-electron chi connectivity index (χ4n) is 1.16. The van der Waals surface area contributed by atoms with Gasteiger partial charge in [0.05, 0.1) is 0 Å². The number of nitrogens with zero attached hydrogens (tertiary/aromatic N) is 3. The van der Waals surface area contributed by atoms with Crippen LogP contribution in [0, 0.1) is 0 Å². The van der Waals surface area contributed by atoms with Crippen molar-refractivity contribution in [3.8, 4) is 0 Å². The number of rotatable bonds is 3. The smallest absolute Gasteiger partial charge is 0.276 e. The van der Waals surface area contributed by atoms with E-state index in [0.29, 0.717) is 11.5 Å². The lowest BCUT2D eigenvalue weighted by Crippen LogP contribution is -2.16. The van der Waals surface area contributed by atoms with Crippen LogP contribution >= 0.6 is 0 Å². The molecule has 0 atom stereocenters. The lowest BCUT2D eigenvalue weighted by molar-refractivity contribution is 0.102. The zero-order valence-electron chi connectivity index (χ0n) is 8.79. The Morgan fingerprint density at radius 2 is 1.88 bits per heavy atom. The van der Waals surface area contributed by atoms with Crippen molar-refractivity contribution in [2.24, 2.45) is 5.84 Å². The number of amides is 1. The molecule has 0 bridgehead atoms. The normalized spacial score (nSPS) is 9.71. The molecule has 0 unspecified atom stereocenters. The molecule has 7 heteroatoms. The van der Waals surface area contributed by atoms with E-state index in [2.05, 4.69) is 25.9 Å². The van der Waals surface area contributed by atoms with Gasteiger partial charge >= 0.3 is 0 Å². The molecule has 2 heterocycles. The van der Waals surface area contributed by atoms with Gasteiger partial charge in [-0.05, 0) is 24.3 Å². The van der Waals surface area contributed by atoms with Crippen molar-refractivity contribution in [3.05, 3.63) is 42.4 Å². The molecule has 4 N–H and O–H groups in total. The summed E-state index contributed by atoms with van der Waals surface area (Å²) in [5.41, 5.74) is 3.18. The van der Waals surface area contributed by atoms with Crippen molar-refractivity contribution < 1.29 is 4.79 Å². The Balaban J connectivity index is 2.09. The van der Waals surface area contributed by atoms with Crippen LogP contribution in [0.15, 0.2) is 36.7 Å². The summed E-state index contributed by atoms with van der Waals surface area (Å²) in [6.45, 7) is 0. The van der Waals surface area contributed by atoms with Crippen LogP contribution in [0.1, 0.15) is 10.5 Å². The van der Waals surface area contributed by atoms with Gasteiger partial charge in [0.1, 0.15) is 0 Å². The van der Waals surface area contributed by atoms with Crippen LogP contribution in [0.4, 0.5) is 11.5 Å². The summed E-state index contributed by atoms with van der Waals surface area (Å²) in [5.74, 6) is 5.19. The van der Waals surface area contributed by atoms with E-state index in [1.165, 1.54) is 6.07 Å². The van der Waals surface area contributed by atoms with Crippen molar-refractivity contribution in [3.63, 3.8) is 0 Å². The third-order valence-electron chi connectivity index (χ3n) is 1.98. The Kier molecular flexibility index (Phi) is 3.22. The van der Waals surface area contributed by atoms with Gasteiger partial charge in [0.2, 0.25) is 0 Å². The monoisotopic (exact) mass is 230 g/mol. The van der Waals surface area contributed by atoms with Crippen molar-refractivity contribution in [2.75, 3.05) is 10.7 Å². The standard InChI is InChI=1S/C10H10N6O/c11-14-9-2-1-8(15-16-9)10(17)13-7-3-5-12-6-4-7/h1-6H,11H2,(H,14,16)(H,12,13,17). The van der Waals surface area contributed by atoms with Gasteiger partial charge in [-0.3, -0.25) is 9.78 Å². The zero-order valence-corrected chi connectivity index (χ0v) is 8.79. The van der Waals surface area contributed by atoms with E-state index in [4.69, 9.17) is 5.84 Å². The number of aromatic nitrogens is 3. The van der Waals surface area contributed by atoms with Gasteiger partial charge in [-0.15, -0.1) is 10.2 Å². The highest BCUT2D eigenvalue weighted by molar-refractivity contribution is 6.02. The molecule has 1 amide bonds. The maximum atomic E-state index is 11.7. The van der Waals surface area contributed by atoms with Gasteiger partial charge in [0.25, 0.3) is 5.91 Å². The zero-order chi connectivity index (χ0) is 12.1. The molecule has 0 saturated heterocycles. The molecule has 0 fully saturated rings. The molecule has 2 rings (SSSR count). The summed E-state index contributed by atoms with van der Waals surface area (Å²) >= 11 is 0. The average molecular weight is 230 g/mol. The molecule has 2 aromatic rings. The second kappa shape index (κ2) is 4.99. The van der Waals surface area contributed by atoms with Crippen LogP contribution in [0.3, 0.4) is 0 Å². The Morgan fingerprint density at radius 1 is 1.12 bits per heavy atom. The number of nitrogens with one attached hydrogen (secondary N) is 2. The number of nitrogens with two attached hydrogens (primary N) is 1. The van der Waals surface area contributed by atoms with Crippen molar-refractivity contribution in [2.45, 2.75) is 0 Å². The first kappa shape index (κ1) is 11.0. The average Bonchev–Trinajstić information content (AvgIpc) is 2.40. The lowest BCUT2D eigenvalue weighted by atomic mass is 10.3. The number of carbonyl (C=O) groups is 1. The molecule has 0 aromatic carbocycles. The first-order valence-corrected chi connectivity index (χ1v) is 4.81. The largest absolute Gasteiger partial charge is 0.320 e. The number of pyridine rings is 1. The Labute approximate surface area is 97.1 Å². The predicted molar refractivity (Wildman–Crippen MR) is 62.0 cm³/mol. The summed E-state index contributed by atoms with van der Waals surface area (Å²) in [4.78, 5) is 15.6. The van der Waals surface area contributed by atoms with Gasteiger partial charge < -0.3 is 10.7 Å². The van der Waals surface area contributed by atoms with Crippen LogP contribution in [-0.4, -0.2) is 21.1 Å². The fourth-order valence-corrected chi connectivity index (χ4v) is 1.16. The number of anilines is 2. The van der Waals surface area contributed by atoms with Crippen LogP contribution in [0.5, 0.6) is 0 Å². The first-order valence-electron chi connectivity index (χ1n) is 4.81. The Bertz CT molecular complexity index is 498. The molecule has 0 aliphatic rings. The quantitative estimate of drug-likeness (QED) is 0.521. The van der Waals surface area contributed by atoms with Crippen LogP contribution < -0.4 is 16.6 Å². The summed E-state index contributed by atoms with van der Waals surface area (Å²) < 4.78 is 0. The molecule has 17 heavy (non-hydrogen) atoms. The second-order valence-electron chi connectivity index (χ2n) is 3.14. The van der Waals surface area contributed by atoms with Crippen molar-refractivity contribution in [1.29, 1.82) is 0 Å². The summed E-state index contributed by atoms with van der Waals surface area (Å²) in [6.07, 6.45) is 3.17. The van der Waals surface area contributed by atoms with Gasteiger partial charge in [-0.2, -0.15) is 0 Å².